The maximum Gasteiger partial charge on any atom is 0.292 e. The Morgan fingerprint density at radius 3 is 2.70 bits per heavy atom. The first kappa shape index (κ1) is 14.3. The zero-order valence-corrected chi connectivity index (χ0v) is 12.2. The molecule has 0 aliphatic heterocycles. The van der Waals surface area contributed by atoms with Crippen molar-refractivity contribution in [1.82, 2.24) is 4.98 Å². The van der Waals surface area contributed by atoms with E-state index >= 15 is 0 Å². The monoisotopic (exact) mass is 292 g/mol. The van der Waals surface area contributed by atoms with Gasteiger partial charge in [0.25, 0.3) is 5.69 Å². The van der Waals surface area contributed by atoms with Gasteiger partial charge >= 0.3 is 0 Å². The van der Waals surface area contributed by atoms with Gasteiger partial charge in [-0.25, -0.2) is 4.98 Å². The minimum Gasteiger partial charge on any atom is -0.383 e. The minimum atomic E-state index is -0.360. The summed E-state index contributed by atoms with van der Waals surface area (Å²) in [5.74, 6) is 0. The minimum absolute atomic E-state index is 0.116. The summed E-state index contributed by atoms with van der Waals surface area (Å²) >= 11 is 1.60. The molecule has 0 atom stereocenters. The van der Waals surface area contributed by atoms with Gasteiger partial charge in [0.1, 0.15) is 5.69 Å². The summed E-state index contributed by atoms with van der Waals surface area (Å²) in [4.78, 5) is 16.0. The van der Waals surface area contributed by atoms with Gasteiger partial charge in [-0.3, -0.25) is 10.1 Å². The number of hydrogen-bond donors (Lipinski definition) is 2. The molecule has 0 bridgehead atoms. The molecule has 0 saturated heterocycles. The average molecular weight is 292 g/mol. The number of nitrogens with one attached hydrogen (secondary N) is 2. The fraction of sp³-hybridized carbons (Fsp3) is 0.308. The fourth-order valence-electron chi connectivity index (χ4n) is 1.90. The van der Waals surface area contributed by atoms with E-state index in [0.29, 0.717) is 5.69 Å². The van der Waals surface area contributed by atoms with E-state index in [0.717, 1.165) is 28.4 Å². The van der Waals surface area contributed by atoms with E-state index in [4.69, 9.17) is 0 Å². The van der Waals surface area contributed by atoms with Crippen LogP contribution < -0.4 is 10.6 Å². The number of aromatic nitrogens is 1. The molecule has 1 aromatic heterocycles. The third kappa shape index (κ3) is 3.24. The molecular formula is C13H16N4O2S. The quantitative estimate of drug-likeness (QED) is 0.632. The Balaban J connectivity index is 2.09. The molecule has 106 valence electrons. The Hall–Kier alpha value is -2.15. The predicted molar refractivity (Wildman–Crippen MR) is 81.7 cm³/mol. The Labute approximate surface area is 121 Å². The summed E-state index contributed by atoms with van der Waals surface area (Å²) in [5, 5.41) is 17.7. The van der Waals surface area contributed by atoms with E-state index in [9.17, 15) is 10.1 Å². The maximum absolute atomic E-state index is 11.0. The second-order valence-corrected chi connectivity index (χ2v) is 5.36. The van der Waals surface area contributed by atoms with Crippen molar-refractivity contribution in [2.45, 2.75) is 12.8 Å². The number of nitrogens with zero attached hydrogens (tertiary/aromatic N) is 2. The van der Waals surface area contributed by atoms with Gasteiger partial charge in [0.05, 0.1) is 4.92 Å². The molecule has 6 nitrogen and oxygen atoms in total. The van der Waals surface area contributed by atoms with E-state index in [1.54, 1.807) is 30.5 Å². The number of anilines is 2. The van der Waals surface area contributed by atoms with Gasteiger partial charge in [-0.15, -0.1) is 11.3 Å². The van der Waals surface area contributed by atoms with Crippen LogP contribution in [0, 0.1) is 10.1 Å². The summed E-state index contributed by atoms with van der Waals surface area (Å²) in [5.41, 5.74) is 1.61. The molecule has 2 rings (SSSR count). The number of aryl methyl sites for hydroxylation is 2. The van der Waals surface area contributed by atoms with Crippen LogP contribution in [-0.2, 0) is 12.8 Å². The number of nitro benzene ring substituents is 1. The largest absolute Gasteiger partial charge is 0.383 e. The molecule has 0 fully saturated rings. The van der Waals surface area contributed by atoms with E-state index in [1.165, 1.54) is 0 Å². The summed E-state index contributed by atoms with van der Waals surface area (Å²) in [6, 6.07) is 5.30. The van der Waals surface area contributed by atoms with Crippen molar-refractivity contribution in [2.24, 2.45) is 0 Å². The highest BCUT2D eigenvalue weighted by Gasteiger charge is 2.13. The predicted octanol–water partition coefficient (Wildman–Crippen LogP) is 2.92. The number of thiazole rings is 1. The first-order valence-electron chi connectivity index (χ1n) is 6.21. The Morgan fingerprint density at radius 2 is 2.10 bits per heavy atom. The first-order chi connectivity index (χ1) is 9.63. The van der Waals surface area contributed by atoms with E-state index < -0.39 is 0 Å². The van der Waals surface area contributed by atoms with Crippen LogP contribution in [0.3, 0.4) is 0 Å². The van der Waals surface area contributed by atoms with Crippen LogP contribution in [0.1, 0.15) is 10.4 Å². The molecular weight excluding hydrogens is 276 g/mol. The van der Waals surface area contributed by atoms with Gasteiger partial charge in [-0.2, -0.15) is 0 Å². The van der Waals surface area contributed by atoms with Crippen molar-refractivity contribution in [3.05, 3.63) is 45.0 Å². The first-order valence-corrected chi connectivity index (χ1v) is 7.03. The van der Waals surface area contributed by atoms with E-state index in [1.807, 2.05) is 19.3 Å². The summed E-state index contributed by atoms with van der Waals surface area (Å²) in [6.07, 6.45) is 3.43. The Bertz CT molecular complexity index is 612. The van der Waals surface area contributed by atoms with Gasteiger partial charge in [-0.05, 0) is 24.5 Å². The second-order valence-electron chi connectivity index (χ2n) is 4.24. The Kier molecular flexibility index (Phi) is 4.52. The number of hydrogen-bond acceptors (Lipinski definition) is 6. The van der Waals surface area contributed by atoms with Crippen molar-refractivity contribution in [3.8, 4) is 0 Å². The molecule has 0 unspecified atom stereocenters. The summed E-state index contributed by atoms with van der Waals surface area (Å²) < 4.78 is 0. The molecule has 7 heteroatoms. The third-order valence-electron chi connectivity index (χ3n) is 2.96. The molecule has 0 spiro atoms. The molecule has 1 heterocycles. The van der Waals surface area contributed by atoms with E-state index in [-0.39, 0.29) is 10.6 Å². The molecule has 1 aromatic carbocycles. The van der Waals surface area contributed by atoms with Crippen molar-refractivity contribution >= 4 is 27.8 Å². The van der Waals surface area contributed by atoms with Gasteiger partial charge < -0.3 is 10.6 Å². The van der Waals surface area contributed by atoms with Gasteiger partial charge in [0, 0.05) is 31.2 Å². The normalized spacial score (nSPS) is 10.3. The smallest absolute Gasteiger partial charge is 0.292 e. The lowest BCUT2D eigenvalue weighted by Crippen LogP contribution is -1.98. The average Bonchev–Trinajstić information content (AvgIpc) is 2.92. The van der Waals surface area contributed by atoms with Crippen LogP contribution in [0.5, 0.6) is 0 Å². The highest BCUT2D eigenvalue weighted by atomic mass is 32.1. The lowest BCUT2D eigenvalue weighted by Gasteiger charge is -2.04. The fourth-order valence-corrected chi connectivity index (χ4v) is 2.67. The summed E-state index contributed by atoms with van der Waals surface area (Å²) in [6.45, 7) is 0. The molecule has 0 aliphatic carbocycles. The van der Waals surface area contributed by atoms with Crippen molar-refractivity contribution in [2.75, 3.05) is 24.7 Å². The second kappa shape index (κ2) is 6.33. The SMILES string of the molecule is CNc1ncc(CCc2ccc(NC)c([N+](=O)[O-])c2)s1. The maximum atomic E-state index is 11.0. The van der Waals surface area contributed by atoms with Crippen molar-refractivity contribution in [3.63, 3.8) is 0 Å². The number of benzene rings is 1. The van der Waals surface area contributed by atoms with Crippen LogP contribution in [0.4, 0.5) is 16.5 Å². The highest BCUT2D eigenvalue weighted by molar-refractivity contribution is 7.15. The molecule has 2 N–H and O–H groups in total. The van der Waals surface area contributed by atoms with Crippen molar-refractivity contribution < 1.29 is 4.92 Å². The van der Waals surface area contributed by atoms with E-state index in [2.05, 4.69) is 15.6 Å². The van der Waals surface area contributed by atoms with Crippen LogP contribution >= 0.6 is 11.3 Å². The van der Waals surface area contributed by atoms with Gasteiger partial charge in [-0.1, -0.05) is 6.07 Å². The zero-order valence-electron chi connectivity index (χ0n) is 11.3. The molecule has 20 heavy (non-hydrogen) atoms. The Morgan fingerprint density at radius 1 is 1.30 bits per heavy atom. The molecule has 2 aromatic rings. The number of rotatable bonds is 6. The molecule has 0 aliphatic rings. The summed E-state index contributed by atoms with van der Waals surface area (Å²) in [7, 11) is 3.51. The molecule has 0 radical (unpaired) electrons. The van der Waals surface area contributed by atoms with Crippen LogP contribution in [0.25, 0.3) is 0 Å². The van der Waals surface area contributed by atoms with Gasteiger partial charge in [0.15, 0.2) is 5.13 Å². The third-order valence-corrected chi connectivity index (χ3v) is 4.03. The topological polar surface area (TPSA) is 80.1 Å². The van der Waals surface area contributed by atoms with Crippen LogP contribution in [0.15, 0.2) is 24.4 Å². The zero-order chi connectivity index (χ0) is 14.5. The molecule has 0 saturated carbocycles. The van der Waals surface area contributed by atoms with Crippen molar-refractivity contribution in [1.29, 1.82) is 0 Å². The van der Waals surface area contributed by atoms with Crippen LogP contribution in [-0.4, -0.2) is 24.0 Å². The lowest BCUT2D eigenvalue weighted by atomic mass is 10.1. The van der Waals surface area contributed by atoms with Crippen LogP contribution in [0.2, 0.25) is 0 Å². The van der Waals surface area contributed by atoms with Gasteiger partial charge in [0.2, 0.25) is 0 Å². The molecule has 0 amide bonds. The highest BCUT2D eigenvalue weighted by Crippen LogP contribution is 2.26. The standard InChI is InChI=1S/C13H16N4O2S/c1-14-11-6-4-9(7-12(11)17(18)19)3-5-10-8-16-13(15-2)20-10/h4,6-8,14H,3,5H2,1-2H3,(H,15,16). The lowest BCUT2D eigenvalue weighted by molar-refractivity contribution is -0.384. The number of nitro groups is 1.